The Labute approximate surface area is 130 Å². The van der Waals surface area contributed by atoms with Crippen LogP contribution in [0.15, 0.2) is 30.6 Å². The molecule has 3 rings (SSSR count). The third kappa shape index (κ3) is 2.98. The first-order valence-electron chi connectivity index (χ1n) is 7.76. The lowest BCUT2D eigenvalue weighted by molar-refractivity contribution is -0.114. The van der Waals surface area contributed by atoms with Gasteiger partial charge in [0.05, 0.1) is 23.4 Å². The lowest BCUT2D eigenvalue weighted by Crippen LogP contribution is -2.33. The Bertz CT molecular complexity index is 656. The van der Waals surface area contributed by atoms with E-state index in [9.17, 15) is 4.79 Å². The highest BCUT2D eigenvalue weighted by Gasteiger charge is 2.24. The zero-order valence-electron chi connectivity index (χ0n) is 13.1. The van der Waals surface area contributed by atoms with Crippen LogP contribution >= 0.6 is 0 Å². The molecule has 2 aromatic rings. The number of hydrogen-bond acceptors (Lipinski definition) is 3. The third-order valence-electron chi connectivity index (χ3n) is 4.31. The number of nitrogens with zero attached hydrogens (tertiary/aromatic N) is 2. The van der Waals surface area contributed by atoms with Crippen LogP contribution in [-0.2, 0) is 4.79 Å². The molecule has 1 aliphatic rings. The van der Waals surface area contributed by atoms with Gasteiger partial charge in [0, 0.05) is 31.6 Å². The van der Waals surface area contributed by atoms with Crippen molar-refractivity contribution in [1.82, 2.24) is 9.97 Å². The van der Waals surface area contributed by atoms with E-state index in [0.29, 0.717) is 5.92 Å². The SMILES string of the molecule is CC(=O)Nc1ccccc1N1CCC(c2nc[nH]c2C)CC1. The molecule has 1 aliphatic heterocycles. The number of H-pyrrole nitrogens is 1. The lowest BCUT2D eigenvalue weighted by atomic mass is 9.92. The van der Waals surface area contributed by atoms with Crippen molar-refractivity contribution in [3.05, 3.63) is 42.0 Å². The number of imidazole rings is 1. The fourth-order valence-electron chi connectivity index (χ4n) is 3.22. The van der Waals surface area contributed by atoms with Gasteiger partial charge in [-0.3, -0.25) is 4.79 Å². The largest absolute Gasteiger partial charge is 0.370 e. The van der Waals surface area contributed by atoms with Crippen molar-refractivity contribution < 1.29 is 4.79 Å². The molecule has 0 bridgehead atoms. The first-order chi connectivity index (χ1) is 10.6. The molecule has 2 N–H and O–H groups in total. The average Bonchev–Trinajstić information content (AvgIpc) is 2.94. The number of para-hydroxylation sites is 2. The smallest absolute Gasteiger partial charge is 0.221 e. The second-order valence-electron chi connectivity index (χ2n) is 5.87. The fourth-order valence-corrected chi connectivity index (χ4v) is 3.22. The summed E-state index contributed by atoms with van der Waals surface area (Å²) in [7, 11) is 0. The standard InChI is InChI=1S/C17H22N4O/c1-12-17(19-11-18-12)14-7-9-21(10-8-14)16-6-4-3-5-15(16)20-13(2)22/h3-6,11,14H,7-10H2,1-2H3,(H,18,19)(H,20,22). The predicted octanol–water partition coefficient (Wildman–Crippen LogP) is 3.06. The Kier molecular flexibility index (Phi) is 4.13. The quantitative estimate of drug-likeness (QED) is 0.915. The second kappa shape index (κ2) is 6.22. The van der Waals surface area contributed by atoms with Crippen molar-refractivity contribution >= 4 is 17.3 Å². The number of aromatic nitrogens is 2. The van der Waals surface area contributed by atoms with Crippen LogP contribution in [0.3, 0.4) is 0 Å². The molecule has 0 unspecified atom stereocenters. The fraction of sp³-hybridized carbons (Fsp3) is 0.412. The maximum Gasteiger partial charge on any atom is 0.221 e. The van der Waals surface area contributed by atoms with Gasteiger partial charge in [0.1, 0.15) is 0 Å². The first kappa shape index (κ1) is 14.6. The normalized spacial score (nSPS) is 15.8. The zero-order valence-corrected chi connectivity index (χ0v) is 13.1. The summed E-state index contributed by atoms with van der Waals surface area (Å²) >= 11 is 0. The Morgan fingerprint density at radius 1 is 1.32 bits per heavy atom. The number of hydrogen-bond donors (Lipinski definition) is 2. The molecule has 0 radical (unpaired) electrons. The van der Waals surface area contributed by atoms with Gasteiger partial charge in [-0.1, -0.05) is 12.1 Å². The molecule has 1 fully saturated rings. The van der Waals surface area contributed by atoms with Gasteiger partial charge >= 0.3 is 0 Å². The van der Waals surface area contributed by atoms with E-state index in [1.54, 1.807) is 13.3 Å². The van der Waals surface area contributed by atoms with E-state index >= 15 is 0 Å². The van der Waals surface area contributed by atoms with Crippen molar-refractivity contribution in [1.29, 1.82) is 0 Å². The van der Waals surface area contributed by atoms with E-state index in [1.807, 2.05) is 18.2 Å². The van der Waals surface area contributed by atoms with Crippen molar-refractivity contribution in [3.63, 3.8) is 0 Å². The molecular formula is C17H22N4O. The number of rotatable bonds is 3. The summed E-state index contributed by atoms with van der Waals surface area (Å²) in [6.45, 7) is 5.59. The van der Waals surface area contributed by atoms with Crippen LogP contribution in [0, 0.1) is 6.92 Å². The molecule has 1 saturated heterocycles. The first-order valence-corrected chi connectivity index (χ1v) is 7.76. The van der Waals surface area contributed by atoms with Crippen LogP contribution in [0.4, 0.5) is 11.4 Å². The average molecular weight is 298 g/mol. The van der Waals surface area contributed by atoms with Crippen LogP contribution in [0.5, 0.6) is 0 Å². The van der Waals surface area contributed by atoms with E-state index in [2.05, 4.69) is 33.2 Å². The Morgan fingerprint density at radius 2 is 2.05 bits per heavy atom. The zero-order chi connectivity index (χ0) is 15.5. The summed E-state index contributed by atoms with van der Waals surface area (Å²) in [6, 6.07) is 8.01. The van der Waals surface area contributed by atoms with Crippen LogP contribution < -0.4 is 10.2 Å². The second-order valence-corrected chi connectivity index (χ2v) is 5.87. The molecule has 1 aromatic carbocycles. The highest BCUT2D eigenvalue weighted by molar-refractivity contribution is 5.92. The van der Waals surface area contributed by atoms with E-state index in [-0.39, 0.29) is 5.91 Å². The van der Waals surface area contributed by atoms with Gasteiger partial charge in [-0.15, -0.1) is 0 Å². The van der Waals surface area contributed by atoms with E-state index in [4.69, 9.17) is 0 Å². The molecule has 22 heavy (non-hydrogen) atoms. The minimum absolute atomic E-state index is 0.0329. The van der Waals surface area contributed by atoms with Crippen molar-refractivity contribution in [2.75, 3.05) is 23.3 Å². The Hall–Kier alpha value is -2.30. The van der Waals surface area contributed by atoms with Crippen LogP contribution in [-0.4, -0.2) is 29.0 Å². The molecule has 116 valence electrons. The highest BCUT2D eigenvalue weighted by atomic mass is 16.1. The summed E-state index contributed by atoms with van der Waals surface area (Å²) in [4.78, 5) is 21.3. The van der Waals surface area contributed by atoms with E-state index in [0.717, 1.165) is 37.3 Å². The van der Waals surface area contributed by atoms with Gasteiger partial charge in [-0.05, 0) is 31.9 Å². The number of anilines is 2. The molecular weight excluding hydrogens is 276 g/mol. The molecule has 1 amide bonds. The Balaban J connectivity index is 1.72. The number of aromatic amines is 1. The van der Waals surface area contributed by atoms with E-state index < -0.39 is 0 Å². The summed E-state index contributed by atoms with van der Waals surface area (Å²) in [6.07, 6.45) is 3.95. The highest BCUT2D eigenvalue weighted by Crippen LogP contribution is 2.33. The number of piperidine rings is 1. The number of nitrogens with one attached hydrogen (secondary N) is 2. The van der Waals surface area contributed by atoms with Crippen LogP contribution in [0.1, 0.15) is 37.1 Å². The lowest BCUT2D eigenvalue weighted by Gasteiger charge is -2.34. The Morgan fingerprint density at radius 3 is 2.68 bits per heavy atom. The summed E-state index contributed by atoms with van der Waals surface area (Å²) in [5, 5.41) is 2.92. The predicted molar refractivity (Wildman–Crippen MR) is 88.3 cm³/mol. The van der Waals surface area contributed by atoms with Crippen molar-refractivity contribution in [2.45, 2.75) is 32.6 Å². The summed E-state index contributed by atoms with van der Waals surface area (Å²) < 4.78 is 0. The third-order valence-corrected chi connectivity index (χ3v) is 4.31. The van der Waals surface area contributed by atoms with Gasteiger partial charge in [0.2, 0.25) is 5.91 Å². The van der Waals surface area contributed by atoms with Gasteiger partial charge in [-0.2, -0.15) is 0 Å². The molecule has 1 aromatic heterocycles. The maximum absolute atomic E-state index is 11.4. The summed E-state index contributed by atoms with van der Waals surface area (Å²) in [5.41, 5.74) is 4.38. The monoisotopic (exact) mass is 298 g/mol. The van der Waals surface area contributed by atoms with Crippen LogP contribution in [0.25, 0.3) is 0 Å². The topological polar surface area (TPSA) is 61.0 Å². The number of benzene rings is 1. The molecule has 0 aliphatic carbocycles. The molecule has 0 saturated carbocycles. The number of carbonyl (C=O) groups excluding carboxylic acids is 1. The molecule has 0 atom stereocenters. The van der Waals surface area contributed by atoms with Crippen molar-refractivity contribution in [2.24, 2.45) is 0 Å². The number of aryl methyl sites for hydroxylation is 1. The number of carbonyl (C=O) groups is 1. The molecule has 5 heteroatoms. The van der Waals surface area contributed by atoms with Gasteiger partial charge < -0.3 is 15.2 Å². The summed E-state index contributed by atoms with van der Waals surface area (Å²) in [5.74, 6) is 0.491. The molecule has 5 nitrogen and oxygen atoms in total. The van der Waals surface area contributed by atoms with E-state index in [1.165, 1.54) is 11.4 Å². The molecule has 2 heterocycles. The van der Waals surface area contributed by atoms with Gasteiger partial charge in [0.15, 0.2) is 0 Å². The van der Waals surface area contributed by atoms with Gasteiger partial charge in [-0.25, -0.2) is 4.98 Å². The van der Waals surface area contributed by atoms with Crippen LogP contribution in [0.2, 0.25) is 0 Å². The van der Waals surface area contributed by atoms with Gasteiger partial charge in [0.25, 0.3) is 0 Å². The van der Waals surface area contributed by atoms with Crippen molar-refractivity contribution in [3.8, 4) is 0 Å². The maximum atomic E-state index is 11.4. The molecule has 0 spiro atoms. The minimum Gasteiger partial charge on any atom is -0.370 e. The number of amides is 1. The minimum atomic E-state index is -0.0329.